The standard InChI is InChI=1S/C14H17BrN2O4/c15-10-3-1-9(2-4-10)12(18)7-8-17-11(14(20)21)5-6-13(16)19/h1-4,11,17H,5-8H2,(H2,16,19)(H,20,21). The Labute approximate surface area is 130 Å². The molecular formula is C14H17BrN2O4. The first-order chi connectivity index (χ1) is 9.90. The molecule has 21 heavy (non-hydrogen) atoms. The van der Waals surface area contributed by atoms with E-state index in [2.05, 4.69) is 21.2 Å². The Bertz CT molecular complexity index is 516. The van der Waals surface area contributed by atoms with Crippen LogP contribution in [-0.2, 0) is 9.59 Å². The van der Waals surface area contributed by atoms with Gasteiger partial charge in [0.25, 0.3) is 0 Å². The minimum absolute atomic E-state index is 0.00930. The summed E-state index contributed by atoms with van der Waals surface area (Å²) in [6, 6.07) is 6.07. The first-order valence-electron chi connectivity index (χ1n) is 6.43. The largest absolute Gasteiger partial charge is 0.480 e. The molecule has 0 saturated carbocycles. The number of carbonyl (C=O) groups excluding carboxylic acids is 2. The van der Waals surface area contributed by atoms with Gasteiger partial charge in [-0.3, -0.25) is 14.4 Å². The monoisotopic (exact) mass is 356 g/mol. The van der Waals surface area contributed by atoms with E-state index >= 15 is 0 Å². The van der Waals surface area contributed by atoms with Crippen LogP contribution >= 0.6 is 15.9 Å². The molecule has 4 N–H and O–H groups in total. The summed E-state index contributed by atoms with van der Waals surface area (Å²) in [5.74, 6) is -1.68. The topological polar surface area (TPSA) is 109 Å². The third-order valence-corrected chi connectivity index (χ3v) is 3.42. The number of rotatable bonds is 9. The van der Waals surface area contributed by atoms with Crippen molar-refractivity contribution in [2.45, 2.75) is 25.3 Å². The van der Waals surface area contributed by atoms with Crippen molar-refractivity contribution in [3.05, 3.63) is 34.3 Å². The molecule has 1 rings (SSSR count). The number of hydrogen-bond acceptors (Lipinski definition) is 4. The van der Waals surface area contributed by atoms with Crippen molar-refractivity contribution in [1.29, 1.82) is 0 Å². The van der Waals surface area contributed by atoms with Crippen molar-refractivity contribution >= 4 is 33.6 Å². The van der Waals surface area contributed by atoms with E-state index in [1.807, 2.05) is 0 Å². The molecule has 0 saturated heterocycles. The van der Waals surface area contributed by atoms with E-state index in [0.717, 1.165) is 4.47 Å². The molecule has 1 amide bonds. The Hall–Kier alpha value is -1.73. The smallest absolute Gasteiger partial charge is 0.320 e. The van der Waals surface area contributed by atoms with E-state index in [0.29, 0.717) is 5.56 Å². The van der Waals surface area contributed by atoms with E-state index in [-0.39, 0.29) is 31.6 Å². The van der Waals surface area contributed by atoms with Gasteiger partial charge in [0, 0.05) is 29.4 Å². The van der Waals surface area contributed by atoms with Crippen molar-refractivity contribution in [3.63, 3.8) is 0 Å². The third-order valence-electron chi connectivity index (χ3n) is 2.89. The van der Waals surface area contributed by atoms with Crippen molar-refractivity contribution in [2.75, 3.05) is 6.54 Å². The Morgan fingerprint density at radius 1 is 1.19 bits per heavy atom. The fourth-order valence-electron chi connectivity index (χ4n) is 1.74. The van der Waals surface area contributed by atoms with Gasteiger partial charge in [0.05, 0.1) is 0 Å². The van der Waals surface area contributed by atoms with Gasteiger partial charge in [-0.1, -0.05) is 28.1 Å². The summed E-state index contributed by atoms with van der Waals surface area (Å²) in [7, 11) is 0. The zero-order chi connectivity index (χ0) is 15.8. The molecule has 0 aliphatic heterocycles. The van der Waals surface area contributed by atoms with Crippen molar-refractivity contribution in [2.24, 2.45) is 5.73 Å². The lowest BCUT2D eigenvalue weighted by atomic mass is 10.1. The minimum atomic E-state index is -1.06. The maximum Gasteiger partial charge on any atom is 0.320 e. The molecule has 7 heteroatoms. The van der Waals surface area contributed by atoms with Crippen molar-refractivity contribution in [1.82, 2.24) is 5.32 Å². The molecule has 0 bridgehead atoms. The van der Waals surface area contributed by atoms with Gasteiger partial charge in [-0.15, -0.1) is 0 Å². The van der Waals surface area contributed by atoms with Gasteiger partial charge >= 0.3 is 5.97 Å². The highest BCUT2D eigenvalue weighted by Crippen LogP contribution is 2.11. The highest BCUT2D eigenvalue weighted by molar-refractivity contribution is 9.10. The number of Topliss-reactive ketones (excluding diaryl/α,β-unsaturated/α-hetero) is 1. The lowest BCUT2D eigenvalue weighted by Crippen LogP contribution is -2.38. The lowest BCUT2D eigenvalue weighted by molar-refractivity contribution is -0.139. The highest BCUT2D eigenvalue weighted by Gasteiger charge is 2.17. The summed E-state index contributed by atoms with van der Waals surface area (Å²) in [5, 5.41) is 11.7. The van der Waals surface area contributed by atoms with E-state index in [1.165, 1.54) is 0 Å². The molecular weight excluding hydrogens is 340 g/mol. The number of amides is 1. The zero-order valence-corrected chi connectivity index (χ0v) is 12.9. The Kier molecular flexibility index (Phi) is 7.04. The molecule has 114 valence electrons. The highest BCUT2D eigenvalue weighted by atomic mass is 79.9. The first kappa shape index (κ1) is 17.3. The van der Waals surface area contributed by atoms with Gasteiger partial charge in [0.15, 0.2) is 5.78 Å². The van der Waals surface area contributed by atoms with Crippen LogP contribution in [-0.4, -0.2) is 35.4 Å². The maximum atomic E-state index is 11.9. The van der Waals surface area contributed by atoms with E-state index in [4.69, 9.17) is 10.8 Å². The summed E-state index contributed by atoms with van der Waals surface area (Å²) >= 11 is 3.28. The number of hydrogen-bond donors (Lipinski definition) is 3. The summed E-state index contributed by atoms with van der Waals surface area (Å²) in [5.41, 5.74) is 5.56. The number of carboxylic acids is 1. The van der Waals surface area contributed by atoms with E-state index < -0.39 is 17.9 Å². The van der Waals surface area contributed by atoms with Crippen LogP contribution < -0.4 is 11.1 Å². The molecule has 0 radical (unpaired) electrons. The Morgan fingerprint density at radius 3 is 2.33 bits per heavy atom. The van der Waals surface area contributed by atoms with Crippen LogP contribution in [0.5, 0.6) is 0 Å². The molecule has 1 aromatic carbocycles. The number of benzene rings is 1. The van der Waals surface area contributed by atoms with Gasteiger partial charge in [-0.05, 0) is 18.6 Å². The number of ketones is 1. The maximum absolute atomic E-state index is 11.9. The average Bonchev–Trinajstić information content (AvgIpc) is 2.42. The van der Waals surface area contributed by atoms with Crippen LogP contribution in [0.1, 0.15) is 29.6 Å². The molecule has 0 aromatic heterocycles. The molecule has 1 atom stereocenters. The number of nitrogens with one attached hydrogen (secondary N) is 1. The zero-order valence-electron chi connectivity index (χ0n) is 11.3. The molecule has 6 nitrogen and oxygen atoms in total. The number of carbonyl (C=O) groups is 3. The summed E-state index contributed by atoms with van der Waals surface area (Å²) in [4.78, 5) is 33.6. The van der Waals surface area contributed by atoms with Crippen molar-refractivity contribution < 1.29 is 19.5 Å². The second-order valence-electron chi connectivity index (χ2n) is 4.53. The molecule has 0 spiro atoms. The molecule has 0 fully saturated rings. The number of aliphatic carboxylic acids is 1. The van der Waals surface area contributed by atoms with Gasteiger partial charge in [-0.2, -0.15) is 0 Å². The van der Waals surface area contributed by atoms with Gasteiger partial charge in [-0.25, -0.2) is 0 Å². The molecule has 0 aliphatic carbocycles. The summed E-state index contributed by atoms with van der Waals surface area (Å²) in [6.07, 6.45) is 0.281. The van der Waals surface area contributed by atoms with Gasteiger partial charge in [0.1, 0.15) is 6.04 Å². The molecule has 0 aliphatic rings. The fourth-order valence-corrected chi connectivity index (χ4v) is 2.00. The van der Waals surface area contributed by atoms with Crippen LogP contribution in [0.15, 0.2) is 28.7 Å². The van der Waals surface area contributed by atoms with Crippen LogP contribution in [0, 0.1) is 0 Å². The molecule has 1 unspecified atom stereocenters. The van der Waals surface area contributed by atoms with Crippen LogP contribution in [0.4, 0.5) is 0 Å². The number of nitrogens with two attached hydrogens (primary N) is 1. The Morgan fingerprint density at radius 2 is 1.81 bits per heavy atom. The van der Waals surface area contributed by atoms with E-state index in [1.54, 1.807) is 24.3 Å². The van der Waals surface area contributed by atoms with Gasteiger partial charge < -0.3 is 16.2 Å². The summed E-state index contributed by atoms with van der Waals surface area (Å²) in [6.45, 7) is 0.227. The summed E-state index contributed by atoms with van der Waals surface area (Å²) < 4.78 is 0.884. The van der Waals surface area contributed by atoms with Crippen molar-refractivity contribution in [3.8, 4) is 0 Å². The fraction of sp³-hybridized carbons (Fsp3) is 0.357. The normalized spacial score (nSPS) is 11.9. The first-order valence-corrected chi connectivity index (χ1v) is 7.22. The lowest BCUT2D eigenvalue weighted by Gasteiger charge is -2.13. The second kappa shape index (κ2) is 8.53. The van der Waals surface area contributed by atoms with E-state index in [9.17, 15) is 14.4 Å². The second-order valence-corrected chi connectivity index (χ2v) is 5.45. The predicted molar refractivity (Wildman–Crippen MR) is 80.9 cm³/mol. The molecule has 0 heterocycles. The number of primary amides is 1. The molecule has 1 aromatic rings. The predicted octanol–water partition coefficient (Wildman–Crippen LogP) is 1.33. The number of halogens is 1. The third kappa shape index (κ3) is 6.50. The quantitative estimate of drug-likeness (QED) is 0.578. The van der Waals surface area contributed by atoms with Crippen LogP contribution in [0.25, 0.3) is 0 Å². The van der Waals surface area contributed by atoms with Crippen LogP contribution in [0.2, 0.25) is 0 Å². The van der Waals surface area contributed by atoms with Crippen LogP contribution in [0.3, 0.4) is 0 Å². The average molecular weight is 357 g/mol. The SMILES string of the molecule is NC(=O)CCC(NCCC(=O)c1ccc(Br)cc1)C(=O)O. The van der Waals surface area contributed by atoms with Gasteiger partial charge in [0.2, 0.25) is 5.91 Å². The minimum Gasteiger partial charge on any atom is -0.480 e. The Balaban J connectivity index is 2.42. The number of carboxylic acid groups (broad SMARTS) is 1.